The molecule has 0 aliphatic heterocycles. The fraction of sp³-hybridized carbons (Fsp3) is 0.100. The molecule has 11 heteroatoms. The van der Waals surface area contributed by atoms with Crippen molar-refractivity contribution in [2.75, 3.05) is 0 Å². The second kappa shape index (κ2) is 7.65. The van der Waals surface area contributed by atoms with Gasteiger partial charge in [-0.05, 0) is 6.92 Å². The lowest BCUT2D eigenvalue weighted by molar-refractivity contribution is -0.132. The molecule has 2 N–H and O–H groups in total. The lowest BCUT2D eigenvalue weighted by Gasteiger charge is -2.01. The summed E-state index contributed by atoms with van der Waals surface area (Å²) in [7, 11) is -3.53. The van der Waals surface area contributed by atoms with Gasteiger partial charge in [-0.15, -0.1) is 4.89 Å². The van der Waals surface area contributed by atoms with Crippen molar-refractivity contribution in [1.29, 1.82) is 0 Å². The second-order valence-electron chi connectivity index (χ2n) is 3.31. The van der Waals surface area contributed by atoms with Gasteiger partial charge in [-0.25, -0.2) is 22.5 Å². The highest BCUT2D eigenvalue weighted by Gasteiger charge is 2.32. The highest BCUT2D eigenvalue weighted by atomic mass is 31.1. The molecule has 0 spiro atoms. The van der Waals surface area contributed by atoms with E-state index in [2.05, 4.69) is 11.1 Å². The van der Waals surface area contributed by atoms with Crippen LogP contribution in [0.3, 0.4) is 0 Å². The van der Waals surface area contributed by atoms with Gasteiger partial charge in [-0.2, -0.15) is 8.78 Å². The van der Waals surface area contributed by atoms with Crippen LogP contribution in [0.5, 0.6) is 5.75 Å². The summed E-state index contributed by atoms with van der Waals surface area (Å²) in [5.74, 6) is -14.2. The third-order valence-corrected chi connectivity index (χ3v) is 2.04. The van der Waals surface area contributed by atoms with Crippen molar-refractivity contribution in [1.82, 2.24) is 0 Å². The quantitative estimate of drug-likeness (QED) is 0.292. The lowest BCUT2D eigenvalue weighted by Crippen LogP contribution is -2.03. The van der Waals surface area contributed by atoms with E-state index in [1.165, 1.54) is 6.92 Å². The van der Waals surface area contributed by atoms with Gasteiger partial charge < -0.3 is 5.11 Å². The maximum atomic E-state index is 12.7. The first kappa shape index (κ1) is 18.9. The van der Waals surface area contributed by atoms with Gasteiger partial charge in [0.1, 0.15) is 0 Å². The van der Waals surface area contributed by atoms with Crippen molar-refractivity contribution >= 4 is 14.2 Å². The number of halogens is 5. The predicted octanol–water partition coefficient (Wildman–Crippen LogP) is 3.06. The number of hydrogen-bond acceptors (Lipinski definition) is 3. The summed E-state index contributed by atoms with van der Waals surface area (Å²) >= 11 is 0. The van der Waals surface area contributed by atoms with Gasteiger partial charge in [-0.3, -0.25) is 0 Å². The molecule has 5 nitrogen and oxygen atoms in total. The van der Waals surface area contributed by atoms with Crippen LogP contribution >= 0.6 is 8.25 Å². The summed E-state index contributed by atoms with van der Waals surface area (Å²) in [6.07, 6.45) is 0. The molecule has 21 heavy (non-hydrogen) atoms. The standard InChI is InChI=1S/C6F5O3P.C4H6O2/c7-1-2(8)4(10)6(14-15(12)13)5(11)3(1)9;1-3(2)4(5)6/h;1H2,2H3,(H,5,6)/p+1. The van der Waals surface area contributed by atoms with E-state index in [-0.39, 0.29) is 5.57 Å². The Labute approximate surface area is 115 Å². The first-order valence-electron chi connectivity index (χ1n) is 4.75. The SMILES string of the molecule is C=C(C)C(=O)O.O=[P+](O)Oc1c(F)c(F)c(F)c(F)c1F. The monoisotopic (exact) mass is 333 g/mol. The zero-order valence-electron chi connectivity index (χ0n) is 10.2. The van der Waals surface area contributed by atoms with Crippen molar-refractivity contribution in [3.8, 4) is 5.75 Å². The summed E-state index contributed by atoms with van der Waals surface area (Å²) in [4.78, 5) is 17.7. The van der Waals surface area contributed by atoms with E-state index < -0.39 is 49.1 Å². The van der Waals surface area contributed by atoms with Crippen LogP contribution < -0.4 is 4.52 Å². The van der Waals surface area contributed by atoms with Gasteiger partial charge in [0.15, 0.2) is 0 Å². The first-order chi connectivity index (χ1) is 9.50. The summed E-state index contributed by atoms with van der Waals surface area (Å²) in [6, 6.07) is 0. The van der Waals surface area contributed by atoms with Crippen molar-refractivity contribution in [2.24, 2.45) is 0 Å². The highest BCUT2D eigenvalue weighted by Crippen LogP contribution is 2.33. The Balaban J connectivity index is 0.000000567. The zero-order chi connectivity index (χ0) is 16.9. The molecule has 1 aromatic carbocycles. The van der Waals surface area contributed by atoms with E-state index in [9.17, 15) is 31.3 Å². The molecule has 0 aliphatic rings. The van der Waals surface area contributed by atoms with Gasteiger partial charge in [0, 0.05) is 10.1 Å². The van der Waals surface area contributed by atoms with Crippen LogP contribution in [0.15, 0.2) is 12.2 Å². The number of carbonyl (C=O) groups is 1. The van der Waals surface area contributed by atoms with Gasteiger partial charge >= 0.3 is 14.2 Å². The number of benzene rings is 1. The highest BCUT2D eigenvalue weighted by molar-refractivity contribution is 7.32. The minimum Gasteiger partial charge on any atom is -0.478 e. The minimum atomic E-state index is -3.53. The van der Waals surface area contributed by atoms with E-state index in [0.29, 0.717) is 0 Å². The summed E-state index contributed by atoms with van der Waals surface area (Å²) in [5, 5.41) is 7.89. The molecule has 0 bridgehead atoms. The Morgan fingerprint density at radius 3 is 1.57 bits per heavy atom. The lowest BCUT2D eigenvalue weighted by atomic mass is 10.3. The fourth-order valence-corrected chi connectivity index (χ4v) is 1.06. The zero-order valence-corrected chi connectivity index (χ0v) is 11.1. The van der Waals surface area contributed by atoms with E-state index in [0.717, 1.165) is 0 Å². The molecule has 0 aliphatic carbocycles. The van der Waals surface area contributed by atoms with Gasteiger partial charge in [0.25, 0.3) is 5.75 Å². The maximum absolute atomic E-state index is 12.7. The van der Waals surface area contributed by atoms with Gasteiger partial charge in [-0.1, -0.05) is 6.58 Å². The third-order valence-electron chi connectivity index (χ3n) is 1.70. The van der Waals surface area contributed by atoms with E-state index in [1.807, 2.05) is 0 Å². The molecule has 0 amide bonds. The average Bonchev–Trinajstić information content (AvgIpc) is 2.39. The van der Waals surface area contributed by atoms with E-state index in [4.69, 9.17) is 10.00 Å². The smallest absolute Gasteiger partial charge is 0.478 e. The molecule has 1 atom stereocenters. The Bertz CT molecular complexity index is 563. The van der Waals surface area contributed by atoms with Crippen LogP contribution in [0, 0.1) is 29.1 Å². The number of carboxylic acids is 1. The van der Waals surface area contributed by atoms with Gasteiger partial charge in [0.2, 0.25) is 29.1 Å². The molecule has 116 valence electrons. The van der Waals surface area contributed by atoms with Gasteiger partial charge in [0.05, 0.1) is 0 Å². The van der Waals surface area contributed by atoms with Crippen LogP contribution in [0.2, 0.25) is 0 Å². The molecular formula is C10H7F5O5P+. The molecule has 0 radical (unpaired) electrons. The molecule has 1 aromatic rings. The number of aliphatic carboxylic acids is 1. The summed E-state index contributed by atoms with van der Waals surface area (Å²) in [6.45, 7) is 4.60. The van der Waals surface area contributed by atoms with Crippen LogP contribution in [0.25, 0.3) is 0 Å². The molecular weight excluding hydrogens is 326 g/mol. The average molecular weight is 333 g/mol. The third kappa shape index (κ3) is 5.09. The molecule has 0 aromatic heterocycles. The van der Waals surface area contributed by atoms with Crippen molar-refractivity contribution in [3.05, 3.63) is 41.2 Å². The first-order valence-corrected chi connectivity index (χ1v) is 5.88. The minimum absolute atomic E-state index is 0.176. The summed E-state index contributed by atoms with van der Waals surface area (Å²) in [5.41, 5.74) is 0.176. The van der Waals surface area contributed by atoms with Crippen LogP contribution in [-0.2, 0) is 9.36 Å². The van der Waals surface area contributed by atoms with Crippen LogP contribution in [0.1, 0.15) is 6.92 Å². The Morgan fingerprint density at radius 2 is 1.33 bits per heavy atom. The Hall–Kier alpha value is -2.06. The number of rotatable bonds is 3. The van der Waals surface area contributed by atoms with Crippen LogP contribution in [0.4, 0.5) is 22.0 Å². The topological polar surface area (TPSA) is 83.8 Å². The Morgan fingerprint density at radius 1 is 1.05 bits per heavy atom. The molecule has 0 heterocycles. The number of carboxylic acid groups (broad SMARTS) is 1. The molecule has 1 unspecified atom stereocenters. The normalized spacial score (nSPS) is 10.3. The molecule has 0 saturated heterocycles. The molecule has 1 rings (SSSR count). The fourth-order valence-electron chi connectivity index (χ4n) is 0.743. The van der Waals surface area contributed by atoms with E-state index >= 15 is 0 Å². The maximum Gasteiger partial charge on any atom is 0.747 e. The second-order valence-corrected chi connectivity index (χ2v) is 3.97. The predicted molar refractivity (Wildman–Crippen MR) is 59.1 cm³/mol. The van der Waals surface area contributed by atoms with Crippen molar-refractivity contribution in [3.63, 3.8) is 0 Å². The van der Waals surface area contributed by atoms with Crippen molar-refractivity contribution in [2.45, 2.75) is 6.92 Å². The number of hydrogen-bond donors (Lipinski definition) is 2. The largest absolute Gasteiger partial charge is 0.747 e. The van der Waals surface area contributed by atoms with E-state index in [1.54, 1.807) is 0 Å². The molecule has 0 saturated carbocycles. The summed E-state index contributed by atoms with van der Waals surface area (Å²) < 4.78 is 76.2. The van der Waals surface area contributed by atoms with Crippen LogP contribution in [-0.4, -0.2) is 16.0 Å². The molecule has 0 fully saturated rings. The van der Waals surface area contributed by atoms with Crippen molar-refractivity contribution < 1.29 is 45.8 Å². The Kier molecular flexibility index (Phi) is 6.90.